The maximum atomic E-state index is 11.3. The molecule has 1 atom stereocenters. The fourth-order valence-corrected chi connectivity index (χ4v) is 2.71. The third-order valence-corrected chi connectivity index (χ3v) is 3.55. The standard InChI is InChI=1S/C11H15NO4S/c1-9(8-10-6-4-3-5-7-10)12(11(13)14)17(2,15)16/h3-7,9H,8H2,1-2H3,(H,13,14). The average Bonchev–Trinajstić information content (AvgIpc) is 2.15. The van der Waals surface area contributed by atoms with Gasteiger partial charge in [0.15, 0.2) is 0 Å². The van der Waals surface area contributed by atoms with E-state index in [4.69, 9.17) is 5.11 Å². The third kappa shape index (κ3) is 3.74. The molecule has 1 unspecified atom stereocenters. The number of hydrogen-bond donors (Lipinski definition) is 1. The van der Waals surface area contributed by atoms with E-state index in [1.54, 1.807) is 6.92 Å². The molecule has 94 valence electrons. The van der Waals surface area contributed by atoms with E-state index in [0.29, 0.717) is 10.7 Å². The summed E-state index contributed by atoms with van der Waals surface area (Å²) in [7, 11) is -3.75. The Morgan fingerprint density at radius 2 is 1.88 bits per heavy atom. The van der Waals surface area contributed by atoms with Gasteiger partial charge in [-0.15, -0.1) is 0 Å². The predicted octanol–water partition coefficient (Wildman–Crippen LogP) is 1.56. The molecular weight excluding hydrogens is 242 g/mol. The first kappa shape index (κ1) is 13.5. The zero-order chi connectivity index (χ0) is 13.1. The van der Waals surface area contributed by atoms with E-state index in [1.807, 2.05) is 30.3 Å². The summed E-state index contributed by atoms with van der Waals surface area (Å²) in [5, 5.41) is 8.90. The number of hydrogen-bond acceptors (Lipinski definition) is 3. The zero-order valence-electron chi connectivity index (χ0n) is 9.70. The van der Waals surface area contributed by atoms with Crippen LogP contribution in [0.3, 0.4) is 0 Å². The molecule has 0 aliphatic rings. The molecule has 0 aromatic heterocycles. The van der Waals surface area contributed by atoms with Gasteiger partial charge in [-0.05, 0) is 18.9 Å². The topological polar surface area (TPSA) is 74.7 Å². The highest BCUT2D eigenvalue weighted by molar-refractivity contribution is 7.88. The first-order valence-corrected chi connectivity index (χ1v) is 6.93. The minimum Gasteiger partial charge on any atom is -0.464 e. The van der Waals surface area contributed by atoms with E-state index in [1.165, 1.54) is 0 Å². The largest absolute Gasteiger partial charge is 0.464 e. The Morgan fingerprint density at radius 1 is 1.35 bits per heavy atom. The molecule has 0 spiro atoms. The molecule has 0 saturated heterocycles. The SMILES string of the molecule is CC(Cc1ccccc1)N(C(=O)O)S(C)(=O)=O. The summed E-state index contributed by atoms with van der Waals surface area (Å²) in [6, 6.07) is 8.54. The Kier molecular flexibility index (Phi) is 4.11. The number of sulfonamides is 1. The molecule has 0 aliphatic carbocycles. The van der Waals surface area contributed by atoms with Crippen molar-refractivity contribution >= 4 is 16.1 Å². The summed E-state index contributed by atoms with van der Waals surface area (Å²) in [5.74, 6) is 0. The lowest BCUT2D eigenvalue weighted by molar-refractivity contribution is 0.163. The van der Waals surface area contributed by atoms with Crippen molar-refractivity contribution in [1.82, 2.24) is 4.31 Å². The molecule has 1 amide bonds. The minimum atomic E-state index is -3.75. The second kappa shape index (κ2) is 5.18. The lowest BCUT2D eigenvalue weighted by atomic mass is 10.1. The van der Waals surface area contributed by atoms with Crippen LogP contribution in [-0.4, -0.2) is 36.2 Å². The van der Waals surface area contributed by atoms with Crippen LogP contribution in [0.25, 0.3) is 0 Å². The predicted molar refractivity (Wildman–Crippen MR) is 64.3 cm³/mol. The summed E-state index contributed by atoms with van der Waals surface area (Å²) in [5.41, 5.74) is 0.898. The van der Waals surface area contributed by atoms with Crippen molar-refractivity contribution in [3.63, 3.8) is 0 Å². The van der Waals surface area contributed by atoms with Gasteiger partial charge in [0.2, 0.25) is 10.0 Å². The van der Waals surface area contributed by atoms with Gasteiger partial charge >= 0.3 is 6.09 Å². The van der Waals surface area contributed by atoms with Gasteiger partial charge in [0.1, 0.15) is 0 Å². The van der Waals surface area contributed by atoms with Gasteiger partial charge < -0.3 is 5.11 Å². The minimum absolute atomic E-state index is 0.361. The van der Waals surface area contributed by atoms with Crippen LogP contribution < -0.4 is 0 Å². The third-order valence-electron chi connectivity index (χ3n) is 2.32. The van der Waals surface area contributed by atoms with Crippen LogP contribution >= 0.6 is 0 Å². The van der Waals surface area contributed by atoms with Crippen molar-refractivity contribution in [2.24, 2.45) is 0 Å². The second-order valence-corrected chi connectivity index (χ2v) is 5.74. The van der Waals surface area contributed by atoms with Crippen LogP contribution in [0.2, 0.25) is 0 Å². The highest BCUT2D eigenvalue weighted by Crippen LogP contribution is 2.12. The zero-order valence-corrected chi connectivity index (χ0v) is 10.5. The number of carbonyl (C=O) groups is 1. The summed E-state index contributed by atoms with van der Waals surface area (Å²) in [4.78, 5) is 10.9. The van der Waals surface area contributed by atoms with E-state index in [-0.39, 0.29) is 0 Å². The molecule has 1 aromatic rings. The summed E-state index contributed by atoms with van der Waals surface area (Å²) in [6.07, 6.45) is -0.195. The molecule has 5 nitrogen and oxygen atoms in total. The molecule has 0 aliphatic heterocycles. The Bertz CT molecular complexity index is 483. The molecule has 0 heterocycles. The molecule has 0 saturated carbocycles. The van der Waals surface area contributed by atoms with Crippen LogP contribution in [0, 0.1) is 0 Å². The van der Waals surface area contributed by atoms with Gasteiger partial charge in [0.05, 0.1) is 12.3 Å². The molecule has 0 radical (unpaired) electrons. The Morgan fingerprint density at radius 3 is 2.29 bits per heavy atom. The van der Waals surface area contributed by atoms with Crippen molar-refractivity contribution in [2.75, 3.05) is 6.26 Å². The van der Waals surface area contributed by atoms with E-state index < -0.39 is 22.2 Å². The van der Waals surface area contributed by atoms with Gasteiger partial charge in [0.25, 0.3) is 0 Å². The van der Waals surface area contributed by atoms with Crippen molar-refractivity contribution in [2.45, 2.75) is 19.4 Å². The van der Waals surface area contributed by atoms with Gasteiger partial charge in [-0.2, -0.15) is 0 Å². The molecule has 6 heteroatoms. The van der Waals surface area contributed by atoms with E-state index in [2.05, 4.69) is 0 Å². The van der Waals surface area contributed by atoms with E-state index in [0.717, 1.165) is 11.8 Å². The van der Waals surface area contributed by atoms with Crippen LogP contribution in [0.5, 0.6) is 0 Å². The van der Waals surface area contributed by atoms with Crippen molar-refractivity contribution in [3.8, 4) is 0 Å². The fraction of sp³-hybridized carbons (Fsp3) is 0.364. The van der Waals surface area contributed by atoms with Gasteiger partial charge in [-0.25, -0.2) is 17.5 Å². The quantitative estimate of drug-likeness (QED) is 0.888. The van der Waals surface area contributed by atoms with Crippen molar-refractivity contribution < 1.29 is 18.3 Å². The Labute approximate surface area is 101 Å². The molecular formula is C11H15NO4S. The smallest absolute Gasteiger partial charge is 0.421 e. The second-order valence-electron chi connectivity index (χ2n) is 3.88. The van der Waals surface area contributed by atoms with Gasteiger partial charge in [-0.3, -0.25) is 0 Å². The van der Waals surface area contributed by atoms with Crippen molar-refractivity contribution in [3.05, 3.63) is 35.9 Å². The van der Waals surface area contributed by atoms with Gasteiger partial charge in [-0.1, -0.05) is 30.3 Å². The normalized spacial score (nSPS) is 13.1. The maximum Gasteiger partial charge on any atom is 0.421 e. The number of carboxylic acid groups (broad SMARTS) is 1. The van der Waals surface area contributed by atoms with Crippen molar-refractivity contribution in [1.29, 1.82) is 0 Å². The van der Waals surface area contributed by atoms with Crippen LogP contribution in [0.15, 0.2) is 30.3 Å². The molecule has 1 aromatic carbocycles. The first-order valence-electron chi connectivity index (χ1n) is 5.08. The Hall–Kier alpha value is -1.56. The lowest BCUT2D eigenvalue weighted by Gasteiger charge is -2.24. The number of rotatable bonds is 4. The molecule has 1 rings (SSSR count). The van der Waals surface area contributed by atoms with Crippen LogP contribution in [-0.2, 0) is 16.4 Å². The number of amides is 1. The van der Waals surface area contributed by atoms with Crippen LogP contribution in [0.4, 0.5) is 4.79 Å². The van der Waals surface area contributed by atoms with E-state index >= 15 is 0 Å². The number of nitrogens with zero attached hydrogens (tertiary/aromatic N) is 1. The fourth-order valence-electron chi connectivity index (χ4n) is 1.70. The first-order chi connectivity index (χ1) is 7.82. The molecule has 0 bridgehead atoms. The maximum absolute atomic E-state index is 11.3. The van der Waals surface area contributed by atoms with E-state index in [9.17, 15) is 13.2 Å². The molecule has 1 N–H and O–H groups in total. The monoisotopic (exact) mass is 257 g/mol. The average molecular weight is 257 g/mol. The summed E-state index contributed by atoms with van der Waals surface area (Å²) < 4.78 is 23.2. The van der Waals surface area contributed by atoms with Crippen LogP contribution in [0.1, 0.15) is 12.5 Å². The molecule has 0 fully saturated rings. The highest BCUT2D eigenvalue weighted by Gasteiger charge is 2.28. The molecule has 17 heavy (non-hydrogen) atoms. The Balaban J connectivity index is 2.88. The highest BCUT2D eigenvalue weighted by atomic mass is 32.2. The summed E-state index contributed by atoms with van der Waals surface area (Å²) in [6.45, 7) is 1.57. The van der Waals surface area contributed by atoms with Gasteiger partial charge in [0, 0.05) is 0 Å². The summed E-state index contributed by atoms with van der Waals surface area (Å²) >= 11 is 0. The number of benzene rings is 1. The lowest BCUT2D eigenvalue weighted by Crippen LogP contribution is -2.42.